The lowest BCUT2D eigenvalue weighted by Crippen LogP contribution is -2.34. The van der Waals surface area contributed by atoms with Crippen LogP contribution in [0.1, 0.15) is 31.2 Å². The summed E-state index contributed by atoms with van der Waals surface area (Å²) < 4.78 is 11.1. The van der Waals surface area contributed by atoms with Gasteiger partial charge in [0.05, 0.1) is 25.4 Å². The first kappa shape index (κ1) is 14.8. The number of rotatable bonds is 6. The summed E-state index contributed by atoms with van der Waals surface area (Å²) in [6.45, 7) is 5.67. The van der Waals surface area contributed by atoms with Gasteiger partial charge < -0.3 is 19.5 Å². The van der Waals surface area contributed by atoms with Crippen LogP contribution in [0.15, 0.2) is 24.3 Å². The predicted octanol–water partition coefficient (Wildman–Crippen LogP) is 2.17. The van der Waals surface area contributed by atoms with E-state index in [4.69, 9.17) is 9.47 Å². The minimum Gasteiger partial charge on any atom is -0.389 e. The summed E-state index contributed by atoms with van der Waals surface area (Å²) in [4.78, 5) is 2.26. The fourth-order valence-electron chi connectivity index (χ4n) is 3.31. The summed E-state index contributed by atoms with van der Waals surface area (Å²) in [6.07, 6.45) is 1.97. The Morgan fingerprint density at radius 2 is 2.29 bits per heavy atom. The van der Waals surface area contributed by atoms with Crippen molar-refractivity contribution in [3.05, 3.63) is 29.8 Å². The molecule has 21 heavy (non-hydrogen) atoms. The molecular weight excluding hydrogens is 266 g/mol. The van der Waals surface area contributed by atoms with Crippen LogP contribution in [0, 0.1) is 0 Å². The predicted molar refractivity (Wildman–Crippen MR) is 82.9 cm³/mol. The topological polar surface area (TPSA) is 41.9 Å². The van der Waals surface area contributed by atoms with Gasteiger partial charge in [-0.15, -0.1) is 0 Å². The maximum Gasteiger partial charge on any atom is 0.0948 e. The average Bonchev–Trinajstić information content (AvgIpc) is 3.09. The van der Waals surface area contributed by atoms with Gasteiger partial charge in [-0.05, 0) is 24.5 Å². The first-order valence-electron chi connectivity index (χ1n) is 7.95. The van der Waals surface area contributed by atoms with Crippen LogP contribution < -0.4 is 4.90 Å². The van der Waals surface area contributed by atoms with Crippen LogP contribution in [-0.2, 0) is 9.47 Å². The Labute approximate surface area is 126 Å². The third kappa shape index (κ3) is 3.57. The van der Waals surface area contributed by atoms with E-state index in [1.165, 1.54) is 11.3 Å². The van der Waals surface area contributed by atoms with Gasteiger partial charge in [-0.3, -0.25) is 0 Å². The number of ether oxygens (including phenoxy) is 2. The zero-order valence-electron chi connectivity index (χ0n) is 12.7. The number of aliphatic hydroxyl groups excluding tert-OH is 1. The molecule has 1 aromatic rings. The van der Waals surface area contributed by atoms with Crippen molar-refractivity contribution in [2.45, 2.75) is 37.9 Å². The SMILES string of the molecule is C[C@@H]1CN(C[C@@H](O)COC[C@H]2CCCO2)c2ccccc21. The number of fused-ring (bicyclic) bond motifs is 1. The number of aliphatic hydroxyl groups is 1. The highest BCUT2D eigenvalue weighted by atomic mass is 16.5. The smallest absolute Gasteiger partial charge is 0.0948 e. The molecule has 1 saturated heterocycles. The van der Waals surface area contributed by atoms with Crippen molar-refractivity contribution in [2.24, 2.45) is 0 Å². The van der Waals surface area contributed by atoms with Gasteiger partial charge in [0.15, 0.2) is 0 Å². The minimum absolute atomic E-state index is 0.227. The molecule has 1 fully saturated rings. The molecule has 116 valence electrons. The van der Waals surface area contributed by atoms with Crippen LogP contribution >= 0.6 is 0 Å². The Hall–Kier alpha value is -1.10. The Morgan fingerprint density at radius 1 is 1.43 bits per heavy atom. The third-order valence-electron chi connectivity index (χ3n) is 4.37. The zero-order chi connectivity index (χ0) is 14.7. The summed E-state index contributed by atoms with van der Waals surface area (Å²) in [5.41, 5.74) is 2.63. The van der Waals surface area contributed by atoms with Crippen LogP contribution in [0.5, 0.6) is 0 Å². The van der Waals surface area contributed by atoms with Crippen molar-refractivity contribution in [1.82, 2.24) is 0 Å². The van der Waals surface area contributed by atoms with Crippen molar-refractivity contribution in [3.63, 3.8) is 0 Å². The Bertz CT molecular complexity index is 459. The maximum atomic E-state index is 10.2. The molecule has 0 amide bonds. The second-order valence-corrected chi connectivity index (χ2v) is 6.19. The Morgan fingerprint density at radius 3 is 3.10 bits per heavy atom. The fourth-order valence-corrected chi connectivity index (χ4v) is 3.31. The maximum absolute atomic E-state index is 10.2. The first-order chi connectivity index (χ1) is 10.2. The quantitative estimate of drug-likeness (QED) is 0.872. The molecule has 1 aromatic carbocycles. The summed E-state index contributed by atoms with van der Waals surface area (Å²) in [7, 11) is 0. The van der Waals surface area contributed by atoms with Crippen molar-refractivity contribution >= 4 is 5.69 Å². The molecular formula is C17H25NO3. The average molecular weight is 291 g/mol. The number of β-amino-alcohol motifs (C(OH)–C–C–N with tert-alkyl or cyclic N) is 1. The minimum atomic E-state index is -0.454. The van der Waals surface area contributed by atoms with Crippen molar-refractivity contribution in [1.29, 1.82) is 0 Å². The number of hydrogen-bond acceptors (Lipinski definition) is 4. The lowest BCUT2D eigenvalue weighted by atomic mass is 10.0. The van der Waals surface area contributed by atoms with E-state index in [1.54, 1.807) is 0 Å². The number of nitrogens with zero attached hydrogens (tertiary/aromatic N) is 1. The lowest BCUT2D eigenvalue weighted by Gasteiger charge is -2.23. The molecule has 2 aliphatic heterocycles. The summed E-state index contributed by atoms with van der Waals surface area (Å²) in [5.74, 6) is 0.529. The largest absolute Gasteiger partial charge is 0.389 e. The standard InChI is InChI=1S/C17H25NO3/c1-13-9-18(17-7-3-2-6-16(13)17)10-14(19)11-20-12-15-5-4-8-21-15/h2-3,6-7,13-15,19H,4-5,8-12H2,1H3/t13-,14-,15-/m1/s1. The number of hydrogen-bond donors (Lipinski definition) is 1. The fraction of sp³-hybridized carbons (Fsp3) is 0.647. The van der Waals surface area contributed by atoms with E-state index in [1.807, 2.05) is 0 Å². The highest BCUT2D eigenvalue weighted by Crippen LogP contribution is 2.35. The molecule has 0 spiro atoms. The molecule has 0 unspecified atom stereocenters. The normalized spacial score (nSPS) is 26.1. The molecule has 0 aromatic heterocycles. The van der Waals surface area contributed by atoms with E-state index in [0.717, 1.165) is 26.0 Å². The van der Waals surface area contributed by atoms with Gasteiger partial charge in [0.25, 0.3) is 0 Å². The van der Waals surface area contributed by atoms with Crippen molar-refractivity contribution in [3.8, 4) is 0 Å². The molecule has 1 N–H and O–H groups in total. The molecule has 0 saturated carbocycles. The van der Waals surface area contributed by atoms with E-state index < -0.39 is 6.10 Å². The third-order valence-corrected chi connectivity index (χ3v) is 4.37. The van der Waals surface area contributed by atoms with Crippen LogP contribution in [0.2, 0.25) is 0 Å². The van der Waals surface area contributed by atoms with Gasteiger partial charge in [-0.2, -0.15) is 0 Å². The van der Waals surface area contributed by atoms with Crippen LogP contribution in [0.3, 0.4) is 0 Å². The van der Waals surface area contributed by atoms with Gasteiger partial charge >= 0.3 is 0 Å². The van der Waals surface area contributed by atoms with Gasteiger partial charge in [-0.25, -0.2) is 0 Å². The second kappa shape index (κ2) is 6.77. The summed E-state index contributed by atoms with van der Waals surface area (Å²) in [5, 5.41) is 10.2. The van der Waals surface area contributed by atoms with Gasteiger partial charge in [0.1, 0.15) is 0 Å². The van der Waals surface area contributed by atoms with Crippen LogP contribution in [0.25, 0.3) is 0 Å². The zero-order valence-corrected chi connectivity index (χ0v) is 12.7. The molecule has 4 heteroatoms. The van der Waals surface area contributed by atoms with Gasteiger partial charge in [-0.1, -0.05) is 25.1 Å². The molecule has 3 atom stereocenters. The summed E-state index contributed by atoms with van der Waals surface area (Å²) >= 11 is 0. The van der Waals surface area contributed by atoms with Crippen LogP contribution in [0.4, 0.5) is 5.69 Å². The number of benzene rings is 1. The van der Waals surface area contributed by atoms with E-state index in [9.17, 15) is 5.11 Å². The highest BCUT2D eigenvalue weighted by molar-refractivity contribution is 5.59. The molecule has 2 aliphatic rings. The van der Waals surface area contributed by atoms with Crippen molar-refractivity contribution < 1.29 is 14.6 Å². The molecule has 4 nitrogen and oxygen atoms in total. The van der Waals surface area contributed by atoms with E-state index >= 15 is 0 Å². The molecule has 3 rings (SSSR count). The molecule has 0 aliphatic carbocycles. The van der Waals surface area contributed by atoms with E-state index in [2.05, 4.69) is 36.1 Å². The monoisotopic (exact) mass is 291 g/mol. The molecule has 0 bridgehead atoms. The van der Waals surface area contributed by atoms with Gasteiger partial charge in [0, 0.05) is 31.3 Å². The number of para-hydroxylation sites is 1. The number of anilines is 1. The van der Waals surface area contributed by atoms with E-state index in [-0.39, 0.29) is 6.10 Å². The van der Waals surface area contributed by atoms with Crippen molar-refractivity contribution in [2.75, 3.05) is 37.8 Å². The first-order valence-corrected chi connectivity index (χ1v) is 7.95. The second-order valence-electron chi connectivity index (χ2n) is 6.19. The lowest BCUT2D eigenvalue weighted by molar-refractivity contribution is -0.0149. The van der Waals surface area contributed by atoms with Crippen LogP contribution in [-0.4, -0.2) is 50.2 Å². The Balaban J connectivity index is 1.46. The molecule has 0 radical (unpaired) electrons. The van der Waals surface area contributed by atoms with Gasteiger partial charge in [0.2, 0.25) is 0 Å². The highest BCUT2D eigenvalue weighted by Gasteiger charge is 2.26. The Kier molecular flexibility index (Phi) is 4.78. The molecule has 2 heterocycles. The van der Waals surface area contributed by atoms with E-state index in [0.29, 0.717) is 25.7 Å². The summed E-state index contributed by atoms with van der Waals surface area (Å²) in [6, 6.07) is 8.46.